The average molecular weight is 273 g/mol. The van der Waals surface area contributed by atoms with Gasteiger partial charge in [0, 0.05) is 19.2 Å². The van der Waals surface area contributed by atoms with Crippen molar-refractivity contribution in [1.82, 2.24) is 15.5 Å². The van der Waals surface area contributed by atoms with Gasteiger partial charge in [-0.05, 0) is 50.1 Å². The minimum Gasteiger partial charge on any atom is -0.371 e. The molecule has 0 saturated carbocycles. The molecule has 106 valence electrons. The largest absolute Gasteiger partial charge is 0.371 e. The van der Waals surface area contributed by atoms with Crippen LogP contribution in [-0.2, 0) is 23.3 Å². The van der Waals surface area contributed by atoms with E-state index in [4.69, 9.17) is 9.26 Å². The minimum absolute atomic E-state index is 0.540. The van der Waals surface area contributed by atoms with Crippen LogP contribution in [0.4, 0.5) is 0 Å². The highest BCUT2D eigenvalue weighted by atomic mass is 16.5. The van der Waals surface area contributed by atoms with E-state index in [-0.39, 0.29) is 0 Å². The van der Waals surface area contributed by atoms with Crippen molar-refractivity contribution in [3.63, 3.8) is 0 Å². The summed E-state index contributed by atoms with van der Waals surface area (Å²) in [5, 5.41) is 7.39. The molecule has 0 bridgehead atoms. The van der Waals surface area contributed by atoms with Gasteiger partial charge in [0.15, 0.2) is 0 Å². The first-order valence-corrected chi connectivity index (χ1v) is 6.82. The lowest BCUT2D eigenvalue weighted by molar-refractivity contribution is 0.00973. The zero-order valence-electron chi connectivity index (χ0n) is 12.1. The molecular weight excluding hydrogens is 254 g/mol. The molecule has 0 radical (unpaired) electrons. The summed E-state index contributed by atoms with van der Waals surface area (Å²) in [5.74, 6) is 1.10. The van der Waals surface area contributed by atoms with Crippen molar-refractivity contribution >= 4 is 0 Å². The van der Waals surface area contributed by atoms with Crippen molar-refractivity contribution in [2.24, 2.45) is 0 Å². The molecule has 5 nitrogen and oxygen atoms in total. The van der Waals surface area contributed by atoms with Gasteiger partial charge in [-0.1, -0.05) is 11.2 Å². The van der Waals surface area contributed by atoms with Crippen LogP contribution >= 0.6 is 0 Å². The minimum atomic E-state index is -0.544. The number of rotatable bonds is 3. The van der Waals surface area contributed by atoms with Gasteiger partial charge in [-0.2, -0.15) is 4.98 Å². The fraction of sp³-hybridized carbons (Fsp3) is 0.467. The zero-order valence-corrected chi connectivity index (χ0v) is 12.1. The molecule has 20 heavy (non-hydrogen) atoms. The van der Waals surface area contributed by atoms with E-state index in [9.17, 15) is 0 Å². The van der Waals surface area contributed by atoms with Crippen LogP contribution in [0, 0.1) is 0 Å². The lowest BCUT2D eigenvalue weighted by Crippen LogP contribution is -2.23. The Morgan fingerprint density at radius 3 is 2.95 bits per heavy atom. The monoisotopic (exact) mass is 273 g/mol. The molecule has 1 aromatic heterocycles. The van der Waals surface area contributed by atoms with Crippen molar-refractivity contribution in [2.45, 2.75) is 32.4 Å². The molecule has 1 N–H and O–H groups in total. The van der Waals surface area contributed by atoms with Crippen LogP contribution < -0.4 is 5.32 Å². The molecule has 0 spiro atoms. The third-order valence-electron chi connectivity index (χ3n) is 3.81. The Balaban J connectivity index is 1.94. The van der Waals surface area contributed by atoms with Gasteiger partial charge in [0.05, 0.1) is 0 Å². The van der Waals surface area contributed by atoms with E-state index >= 15 is 0 Å². The fourth-order valence-electron chi connectivity index (χ4n) is 2.29. The van der Waals surface area contributed by atoms with Crippen LogP contribution in [0.3, 0.4) is 0 Å². The van der Waals surface area contributed by atoms with Crippen LogP contribution in [-0.4, -0.2) is 23.8 Å². The van der Waals surface area contributed by atoms with Crippen molar-refractivity contribution in [1.29, 1.82) is 0 Å². The van der Waals surface area contributed by atoms with Gasteiger partial charge in [-0.25, -0.2) is 0 Å². The SMILES string of the molecule is COC(C)(C)c1noc(-c2ccc3c(c2)CNCC3)n1. The smallest absolute Gasteiger partial charge is 0.258 e. The molecule has 2 aromatic rings. The van der Waals surface area contributed by atoms with Crippen molar-refractivity contribution in [3.8, 4) is 11.5 Å². The first-order chi connectivity index (χ1) is 9.60. The summed E-state index contributed by atoms with van der Waals surface area (Å²) in [4.78, 5) is 4.45. The highest BCUT2D eigenvalue weighted by Crippen LogP contribution is 2.26. The van der Waals surface area contributed by atoms with Crippen LogP contribution in [0.15, 0.2) is 22.7 Å². The Kier molecular flexibility index (Phi) is 3.31. The maximum Gasteiger partial charge on any atom is 0.258 e. The third-order valence-corrected chi connectivity index (χ3v) is 3.81. The maximum absolute atomic E-state index is 5.37. The van der Waals surface area contributed by atoms with E-state index in [2.05, 4.69) is 27.6 Å². The molecule has 0 amide bonds. The van der Waals surface area contributed by atoms with Crippen molar-refractivity contribution in [3.05, 3.63) is 35.2 Å². The van der Waals surface area contributed by atoms with Crippen molar-refractivity contribution < 1.29 is 9.26 Å². The van der Waals surface area contributed by atoms with Gasteiger partial charge in [0.25, 0.3) is 5.89 Å². The van der Waals surface area contributed by atoms with Gasteiger partial charge in [-0.15, -0.1) is 0 Å². The maximum atomic E-state index is 5.37. The topological polar surface area (TPSA) is 60.2 Å². The molecule has 0 fully saturated rings. The predicted molar refractivity (Wildman–Crippen MR) is 75.2 cm³/mol. The van der Waals surface area contributed by atoms with E-state index < -0.39 is 5.60 Å². The Hall–Kier alpha value is -1.72. The van der Waals surface area contributed by atoms with Crippen molar-refractivity contribution in [2.75, 3.05) is 13.7 Å². The number of nitrogens with zero attached hydrogens (tertiary/aromatic N) is 2. The Morgan fingerprint density at radius 1 is 1.30 bits per heavy atom. The average Bonchev–Trinajstić information content (AvgIpc) is 2.97. The van der Waals surface area contributed by atoms with Gasteiger partial charge in [0.2, 0.25) is 5.82 Å². The number of nitrogens with one attached hydrogen (secondary N) is 1. The second kappa shape index (κ2) is 5.00. The first-order valence-electron chi connectivity index (χ1n) is 6.82. The summed E-state index contributed by atoms with van der Waals surface area (Å²) in [7, 11) is 1.64. The van der Waals surface area contributed by atoms with Gasteiger partial charge < -0.3 is 14.6 Å². The summed E-state index contributed by atoms with van der Waals surface area (Å²) in [6.45, 7) is 5.77. The summed E-state index contributed by atoms with van der Waals surface area (Å²) >= 11 is 0. The van der Waals surface area contributed by atoms with Crippen LogP contribution in [0.2, 0.25) is 0 Å². The van der Waals surface area contributed by atoms with E-state index in [1.165, 1.54) is 11.1 Å². The highest BCUT2D eigenvalue weighted by molar-refractivity contribution is 5.56. The molecule has 1 aliphatic rings. The highest BCUT2D eigenvalue weighted by Gasteiger charge is 2.26. The standard InChI is InChI=1S/C15H19N3O2/c1-15(2,19-3)14-17-13(20-18-14)11-5-4-10-6-7-16-9-12(10)8-11/h4-5,8,16H,6-7,9H2,1-3H3. The number of methoxy groups -OCH3 is 1. The quantitative estimate of drug-likeness (QED) is 0.929. The Morgan fingerprint density at radius 2 is 2.15 bits per heavy atom. The van der Waals surface area contributed by atoms with Gasteiger partial charge in [-0.3, -0.25) is 0 Å². The number of aromatic nitrogens is 2. The molecular formula is C15H19N3O2. The zero-order chi connectivity index (χ0) is 14.2. The predicted octanol–water partition coefficient (Wildman–Crippen LogP) is 2.26. The van der Waals surface area contributed by atoms with E-state index in [0.717, 1.165) is 25.1 Å². The number of hydrogen-bond acceptors (Lipinski definition) is 5. The van der Waals surface area contributed by atoms with E-state index in [1.807, 2.05) is 19.9 Å². The second-order valence-electron chi connectivity index (χ2n) is 5.55. The summed E-state index contributed by atoms with van der Waals surface area (Å²) in [6.07, 6.45) is 1.07. The molecule has 2 heterocycles. The molecule has 1 aliphatic heterocycles. The van der Waals surface area contributed by atoms with Crippen LogP contribution in [0.25, 0.3) is 11.5 Å². The Labute approximate surface area is 118 Å². The fourth-order valence-corrected chi connectivity index (χ4v) is 2.29. The molecule has 3 rings (SSSR count). The molecule has 5 heteroatoms. The van der Waals surface area contributed by atoms with E-state index in [1.54, 1.807) is 7.11 Å². The van der Waals surface area contributed by atoms with Crippen LogP contribution in [0.1, 0.15) is 30.8 Å². The van der Waals surface area contributed by atoms with Crippen LogP contribution in [0.5, 0.6) is 0 Å². The second-order valence-corrected chi connectivity index (χ2v) is 5.55. The Bertz CT molecular complexity index is 619. The van der Waals surface area contributed by atoms with Gasteiger partial charge >= 0.3 is 0 Å². The molecule has 1 aromatic carbocycles. The lowest BCUT2D eigenvalue weighted by Gasteiger charge is -2.17. The molecule has 0 saturated heterocycles. The number of hydrogen-bond donors (Lipinski definition) is 1. The first kappa shape index (κ1) is 13.3. The molecule has 0 unspecified atom stereocenters. The number of ether oxygens (including phenoxy) is 1. The molecule has 0 atom stereocenters. The van der Waals surface area contributed by atoms with Gasteiger partial charge in [0.1, 0.15) is 5.60 Å². The molecule has 0 aliphatic carbocycles. The third kappa shape index (κ3) is 2.34. The van der Waals surface area contributed by atoms with E-state index in [0.29, 0.717) is 11.7 Å². The number of fused-ring (bicyclic) bond motifs is 1. The summed E-state index contributed by atoms with van der Waals surface area (Å²) in [5.41, 5.74) is 3.11. The lowest BCUT2D eigenvalue weighted by atomic mass is 9.98. The number of benzene rings is 1. The summed E-state index contributed by atoms with van der Waals surface area (Å²) in [6, 6.07) is 6.32. The normalized spacial score (nSPS) is 15.2. The summed E-state index contributed by atoms with van der Waals surface area (Å²) < 4.78 is 10.7.